The smallest absolute Gasteiger partial charge is 0.246 e. The maximum absolute atomic E-state index is 12.8. The highest BCUT2D eigenvalue weighted by Crippen LogP contribution is 2.40. The van der Waals surface area contributed by atoms with E-state index in [-0.39, 0.29) is 29.8 Å². The first-order valence-corrected chi connectivity index (χ1v) is 7.58. The van der Waals surface area contributed by atoms with Gasteiger partial charge in [-0.05, 0) is 32.1 Å². The first-order valence-electron chi connectivity index (χ1n) is 7.58. The Hall–Kier alpha value is -1.06. The van der Waals surface area contributed by atoms with Gasteiger partial charge in [-0.2, -0.15) is 0 Å². The molecule has 0 bridgehead atoms. The highest BCUT2D eigenvalue weighted by molar-refractivity contribution is 6.00. The van der Waals surface area contributed by atoms with Gasteiger partial charge < -0.3 is 10.2 Å². The molecule has 1 saturated carbocycles. The summed E-state index contributed by atoms with van der Waals surface area (Å²) in [5, 5.41) is 2.98. The lowest BCUT2D eigenvalue weighted by atomic mass is 9.85. The van der Waals surface area contributed by atoms with Crippen LogP contribution in [0.25, 0.3) is 0 Å². The van der Waals surface area contributed by atoms with E-state index in [0.29, 0.717) is 0 Å². The van der Waals surface area contributed by atoms with Crippen LogP contribution in [0.3, 0.4) is 0 Å². The van der Waals surface area contributed by atoms with Crippen molar-refractivity contribution in [3.8, 4) is 0 Å². The average Bonchev–Trinajstić information content (AvgIpc) is 2.83. The number of nitrogens with one attached hydrogen (secondary N) is 1. The summed E-state index contributed by atoms with van der Waals surface area (Å²) in [5.74, 6) is 0.330. The molecule has 108 valence electrons. The van der Waals surface area contributed by atoms with Crippen LogP contribution < -0.4 is 5.32 Å². The molecule has 2 atom stereocenters. The van der Waals surface area contributed by atoms with Gasteiger partial charge in [-0.1, -0.05) is 33.6 Å². The molecule has 0 aromatic carbocycles. The second kappa shape index (κ2) is 5.14. The fourth-order valence-corrected chi connectivity index (χ4v) is 3.51. The molecule has 2 unspecified atom stereocenters. The Labute approximate surface area is 115 Å². The number of hydrogen-bond acceptors (Lipinski definition) is 2. The van der Waals surface area contributed by atoms with Crippen molar-refractivity contribution in [3.63, 3.8) is 0 Å². The molecule has 2 rings (SSSR count). The van der Waals surface area contributed by atoms with E-state index < -0.39 is 5.54 Å². The minimum Gasteiger partial charge on any atom is -0.342 e. The molecule has 4 heteroatoms. The number of carbonyl (C=O) groups excluding carboxylic acids is 2. The average molecular weight is 266 g/mol. The van der Waals surface area contributed by atoms with Gasteiger partial charge in [0.15, 0.2) is 0 Å². The molecule has 2 fully saturated rings. The predicted molar refractivity (Wildman–Crippen MR) is 74.6 cm³/mol. The summed E-state index contributed by atoms with van der Waals surface area (Å²) in [5.41, 5.74) is -0.558. The van der Waals surface area contributed by atoms with Crippen molar-refractivity contribution in [2.75, 3.05) is 0 Å². The largest absolute Gasteiger partial charge is 0.342 e. The second-order valence-electron chi connectivity index (χ2n) is 6.40. The van der Waals surface area contributed by atoms with E-state index >= 15 is 0 Å². The minimum absolute atomic E-state index is 0.0728. The Morgan fingerprint density at radius 2 is 1.84 bits per heavy atom. The third-order valence-electron chi connectivity index (χ3n) is 4.80. The van der Waals surface area contributed by atoms with Crippen LogP contribution >= 0.6 is 0 Å². The molecule has 1 aliphatic heterocycles. The van der Waals surface area contributed by atoms with E-state index in [1.165, 1.54) is 0 Å². The Morgan fingerprint density at radius 3 is 2.32 bits per heavy atom. The van der Waals surface area contributed by atoms with Crippen molar-refractivity contribution in [3.05, 3.63) is 0 Å². The van der Waals surface area contributed by atoms with Gasteiger partial charge in [-0.3, -0.25) is 9.59 Å². The van der Waals surface area contributed by atoms with Crippen molar-refractivity contribution in [1.82, 2.24) is 10.2 Å². The summed E-state index contributed by atoms with van der Waals surface area (Å²) in [6.07, 6.45) is 4.62. The van der Waals surface area contributed by atoms with Crippen molar-refractivity contribution in [2.24, 2.45) is 5.92 Å². The molecular weight excluding hydrogens is 240 g/mol. The number of nitrogens with zero attached hydrogens (tertiary/aromatic N) is 1. The van der Waals surface area contributed by atoms with Gasteiger partial charge in [0.05, 0.1) is 0 Å². The zero-order valence-electron chi connectivity index (χ0n) is 12.5. The van der Waals surface area contributed by atoms with Gasteiger partial charge >= 0.3 is 0 Å². The van der Waals surface area contributed by atoms with Crippen molar-refractivity contribution in [2.45, 2.75) is 77.4 Å². The Balaban J connectivity index is 2.38. The van der Waals surface area contributed by atoms with Crippen molar-refractivity contribution in [1.29, 1.82) is 0 Å². The van der Waals surface area contributed by atoms with E-state index in [2.05, 4.69) is 19.2 Å². The quantitative estimate of drug-likeness (QED) is 0.850. The van der Waals surface area contributed by atoms with Gasteiger partial charge in [-0.15, -0.1) is 0 Å². The van der Waals surface area contributed by atoms with E-state index in [0.717, 1.165) is 32.1 Å². The SMILES string of the molecule is CCC(C)N1C(=O)C(C(C)C)NC(=O)C12CCCC2. The summed E-state index contributed by atoms with van der Waals surface area (Å²) >= 11 is 0. The zero-order chi connectivity index (χ0) is 14.2. The number of hydrogen-bond donors (Lipinski definition) is 1. The van der Waals surface area contributed by atoms with E-state index in [4.69, 9.17) is 0 Å². The molecule has 1 aliphatic carbocycles. The van der Waals surface area contributed by atoms with E-state index in [9.17, 15) is 9.59 Å². The maximum Gasteiger partial charge on any atom is 0.246 e. The van der Waals surface area contributed by atoms with E-state index in [1.807, 2.05) is 18.7 Å². The molecule has 0 aromatic rings. The predicted octanol–water partition coefficient (Wildman–Crippen LogP) is 2.08. The van der Waals surface area contributed by atoms with Gasteiger partial charge in [0.1, 0.15) is 11.6 Å². The van der Waals surface area contributed by atoms with Crippen LogP contribution in [0.2, 0.25) is 0 Å². The standard InChI is InChI=1S/C15H26N2O2/c1-5-11(4)17-13(18)12(10(2)3)16-14(19)15(17)8-6-7-9-15/h10-12H,5-9H2,1-4H3,(H,16,19). The lowest BCUT2D eigenvalue weighted by Crippen LogP contribution is -2.72. The Kier molecular flexibility index (Phi) is 3.88. The maximum atomic E-state index is 12.8. The van der Waals surface area contributed by atoms with Crippen LogP contribution in [0.1, 0.15) is 59.8 Å². The summed E-state index contributed by atoms with van der Waals surface area (Å²) in [4.78, 5) is 27.3. The van der Waals surface area contributed by atoms with Crippen LogP contribution in [0.5, 0.6) is 0 Å². The van der Waals surface area contributed by atoms with Crippen LogP contribution in [0, 0.1) is 5.92 Å². The molecule has 1 heterocycles. The van der Waals surface area contributed by atoms with Gasteiger partial charge in [0, 0.05) is 6.04 Å². The van der Waals surface area contributed by atoms with Gasteiger partial charge in [-0.25, -0.2) is 0 Å². The molecule has 1 N–H and O–H groups in total. The zero-order valence-corrected chi connectivity index (χ0v) is 12.5. The molecule has 19 heavy (non-hydrogen) atoms. The fraction of sp³-hybridized carbons (Fsp3) is 0.867. The summed E-state index contributed by atoms with van der Waals surface area (Å²) < 4.78 is 0. The minimum atomic E-state index is -0.558. The molecule has 0 radical (unpaired) electrons. The van der Waals surface area contributed by atoms with Crippen LogP contribution in [-0.2, 0) is 9.59 Å². The Morgan fingerprint density at radius 1 is 1.26 bits per heavy atom. The lowest BCUT2D eigenvalue weighted by molar-refractivity contribution is -0.161. The number of rotatable bonds is 3. The fourth-order valence-electron chi connectivity index (χ4n) is 3.51. The first kappa shape index (κ1) is 14.4. The normalized spacial score (nSPS) is 28.1. The van der Waals surface area contributed by atoms with Crippen LogP contribution in [0.15, 0.2) is 0 Å². The molecule has 2 aliphatic rings. The second-order valence-corrected chi connectivity index (χ2v) is 6.40. The molecule has 1 spiro atoms. The van der Waals surface area contributed by atoms with Crippen LogP contribution in [0.4, 0.5) is 0 Å². The first-order chi connectivity index (χ1) is 8.94. The molecule has 4 nitrogen and oxygen atoms in total. The summed E-state index contributed by atoms with van der Waals surface area (Å²) in [6, 6.07) is -0.217. The topological polar surface area (TPSA) is 49.4 Å². The van der Waals surface area contributed by atoms with Crippen molar-refractivity contribution >= 4 is 11.8 Å². The highest BCUT2D eigenvalue weighted by atomic mass is 16.2. The monoisotopic (exact) mass is 266 g/mol. The highest BCUT2D eigenvalue weighted by Gasteiger charge is 2.55. The number of carbonyl (C=O) groups is 2. The Bertz CT molecular complexity index is 372. The lowest BCUT2D eigenvalue weighted by Gasteiger charge is -2.50. The van der Waals surface area contributed by atoms with Gasteiger partial charge in [0.25, 0.3) is 0 Å². The van der Waals surface area contributed by atoms with Gasteiger partial charge in [0.2, 0.25) is 11.8 Å². The molecule has 1 saturated heterocycles. The molecule has 0 aromatic heterocycles. The van der Waals surface area contributed by atoms with Crippen molar-refractivity contribution < 1.29 is 9.59 Å². The third-order valence-corrected chi connectivity index (χ3v) is 4.80. The summed E-state index contributed by atoms with van der Waals surface area (Å²) in [6.45, 7) is 8.13. The number of amides is 2. The number of piperazine rings is 1. The third kappa shape index (κ3) is 2.15. The van der Waals surface area contributed by atoms with Crippen LogP contribution in [-0.4, -0.2) is 34.3 Å². The van der Waals surface area contributed by atoms with E-state index in [1.54, 1.807) is 0 Å². The summed E-state index contributed by atoms with van der Waals surface area (Å²) in [7, 11) is 0. The molecular formula is C15H26N2O2. The molecule has 2 amide bonds.